The van der Waals surface area contributed by atoms with Crippen LogP contribution in [0.3, 0.4) is 0 Å². The predicted octanol–water partition coefficient (Wildman–Crippen LogP) is 3.31. The fourth-order valence-electron chi connectivity index (χ4n) is 1.58. The molecular formula is C12H23N3. The second-order valence-electron chi connectivity index (χ2n) is 4.71. The molecule has 0 spiro atoms. The zero-order valence-corrected chi connectivity index (χ0v) is 10.3. The molecule has 1 rings (SSSR count). The first kappa shape index (κ1) is 12.1. The van der Waals surface area contributed by atoms with E-state index in [1.807, 2.05) is 12.4 Å². The fourth-order valence-corrected chi connectivity index (χ4v) is 1.58. The van der Waals surface area contributed by atoms with Crippen molar-refractivity contribution in [2.75, 3.05) is 11.9 Å². The van der Waals surface area contributed by atoms with Crippen LogP contribution < -0.4 is 5.32 Å². The Bertz CT molecular complexity index is 276. The van der Waals surface area contributed by atoms with Crippen LogP contribution in [0.25, 0.3) is 0 Å². The molecule has 0 unspecified atom stereocenters. The summed E-state index contributed by atoms with van der Waals surface area (Å²) < 4.78 is 2.16. The summed E-state index contributed by atoms with van der Waals surface area (Å²) >= 11 is 0. The van der Waals surface area contributed by atoms with Gasteiger partial charge in [-0.1, -0.05) is 13.8 Å². The summed E-state index contributed by atoms with van der Waals surface area (Å²) in [5.41, 5.74) is 0. The normalized spacial score (nSPS) is 11.3. The summed E-state index contributed by atoms with van der Waals surface area (Å²) in [5, 5.41) is 3.38. The van der Waals surface area contributed by atoms with Crippen LogP contribution in [0.2, 0.25) is 0 Å². The molecule has 0 aliphatic heterocycles. The van der Waals surface area contributed by atoms with Gasteiger partial charge in [-0.25, -0.2) is 4.98 Å². The molecule has 0 amide bonds. The van der Waals surface area contributed by atoms with Crippen molar-refractivity contribution < 1.29 is 0 Å². The molecule has 0 radical (unpaired) electrons. The Morgan fingerprint density at radius 3 is 2.67 bits per heavy atom. The molecule has 3 nitrogen and oxygen atoms in total. The number of nitrogens with zero attached hydrogens (tertiary/aromatic N) is 2. The van der Waals surface area contributed by atoms with Crippen LogP contribution in [0.4, 0.5) is 5.95 Å². The Labute approximate surface area is 92.9 Å². The predicted molar refractivity (Wildman–Crippen MR) is 65.2 cm³/mol. The molecule has 0 aliphatic rings. The lowest BCUT2D eigenvalue weighted by Gasteiger charge is -2.13. The van der Waals surface area contributed by atoms with E-state index in [1.165, 1.54) is 12.8 Å². The second-order valence-corrected chi connectivity index (χ2v) is 4.71. The number of hydrogen-bond donors (Lipinski definition) is 1. The third-order valence-electron chi connectivity index (χ3n) is 2.47. The van der Waals surface area contributed by atoms with Gasteiger partial charge in [-0.05, 0) is 32.6 Å². The monoisotopic (exact) mass is 209 g/mol. The van der Waals surface area contributed by atoms with Crippen molar-refractivity contribution in [1.29, 1.82) is 0 Å². The molecule has 86 valence electrons. The van der Waals surface area contributed by atoms with Crippen LogP contribution in [-0.2, 0) is 0 Å². The third-order valence-corrected chi connectivity index (χ3v) is 2.47. The van der Waals surface area contributed by atoms with Crippen LogP contribution in [0.15, 0.2) is 12.4 Å². The van der Waals surface area contributed by atoms with E-state index < -0.39 is 0 Å². The van der Waals surface area contributed by atoms with Gasteiger partial charge in [-0.2, -0.15) is 0 Å². The van der Waals surface area contributed by atoms with Crippen LogP contribution in [-0.4, -0.2) is 16.1 Å². The Morgan fingerprint density at radius 1 is 1.33 bits per heavy atom. The van der Waals surface area contributed by atoms with E-state index in [9.17, 15) is 0 Å². The van der Waals surface area contributed by atoms with Gasteiger partial charge in [0.15, 0.2) is 0 Å². The van der Waals surface area contributed by atoms with Crippen LogP contribution >= 0.6 is 0 Å². The van der Waals surface area contributed by atoms with Crippen LogP contribution in [0.1, 0.15) is 46.6 Å². The highest BCUT2D eigenvalue weighted by Gasteiger charge is 2.04. The van der Waals surface area contributed by atoms with Crippen LogP contribution in [0, 0.1) is 5.92 Å². The molecule has 1 heterocycles. The molecule has 0 aliphatic carbocycles. The van der Waals surface area contributed by atoms with E-state index in [0.717, 1.165) is 18.4 Å². The van der Waals surface area contributed by atoms with Crippen molar-refractivity contribution in [2.24, 2.45) is 5.92 Å². The maximum Gasteiger partial charge on any atom is 0.203 e. The summed E-state index contributed by atoms with van der Waals surface area (Å²) in [7, 11) is 0. The molecule has 0 atom stereocenters. The number of hydrogen-bond acceptors (Lipinski definition) is 2. The number of imidazole rings is 1. The van der Waals surface area contributed by atoms with Gasteiger partial charge in [0.25, 0.3) is 0 Å². The number of aromatic nitrogens is 2. The van der Waals surface area contributed by atoms with Gasteiger partial charge in [0.1, 0.15) is 0 Å². The summed E-state index contributed by atoms with van der Waals surface area (Å²) in [6.07, 6.45) is 6.36. The van der Waals surface area contributed by atoms with Gasteiger partial charge in [-0.3, -0.25) is 0 Å². The molecule has 1 aromatic rings. The van der Waals surface area contributed by atoms with Gasteiger partial charge in [0.05, 0.1) is 0 Å². The summed E-state index contributed by atoms with van der Waals surface area (Å²) in [6, 6.07) is 0.472. The summed E-state index contributed by atoms with van der Waals surface area (Å²) in [4.78, 5) is 4.31. The van der Waals surface area contributed by atoms with Crippen molar-refractivity contribution >= 4 is 5.95 Å². The maximum atomic E-state index is 4.31. The average molecular weight is 209 g/mol. The smallest absolute Gasteiger partial charge is 0.203 e. The first-order chi connectivity index (χ1) is 7.11. The Balaban J connectivity index is 2.34. The summed E-state index contributed by atoms with van der Waals surface area (Å²) in [6.45, 7) is 9.87. The first-order valence-corrected chi connectivity index (χ1v) is 5.88. The number of rotatable bonds is 6. The molecule has 0 saturated heterocycles. The minimum absolute atomic E-state index is 0.472. The minimum Gasteiger partial charge on any atom is -0.356 e. The van der Waals surface area contributed by atoms with E-state index in [-0.39, 0.29) is 0 Å². The van der Waals surface area contributed by atoms with Gasteiger partial charge in [0.2, 0.25) is 5.95 Å². The first-order valence-electron chi connectivity index (χ1n) is 5.88. The lowest BCUT2D eigenvalue weighted by atomic mass is 10.1. The quantitative estimate of drug-likeness (QED) is 0.728. The Kier molecular flexibility index (Phi) is 4.66. The molecule has 0 bridgehead atoms. The van der Waals surface area contributed by atoms with Gasteiger partial charge >= 0.3 is 0 Å². The van der Waals surface area contributed by atoms with Crippen molar-refractivity contribution in [3.05, 3.63) is 12.4 Å². The third kappa shape index (κ3) is 3.94. The number of anilines is 1. The van der Waals surface area contributed by atoms with Gasteiger partial charge in [-0.15, -0.1) is 0 Å². The van der Waals surface area contributed by atoms with E-state index in [1.54, 1.807) is 0 Å². The highest BCUT2D eigenvalue weighted by Crippen LogP contribution is 2.12. The highest BCUT2D eigenvalue weighted by molar-refractivity contribution is 5.26. The van der Waals surface area contributed by atoms with Crippen molar-refractivity contribution in [3.8, 4) is 0 Å². The molecule has 1 aromatic heterocycles. The summed E-state index contributed by atoms with van der Waals surface area (Å²) in [5.74, 6) is 1.78. The molecule has 3 heteroatoms. The molecular weight excluding hydrogens is 186 g/mol. The molecule has 1 N–H and O–H groups in total. The van der Waals surface area contributed by atoms with E-state index in [4.69, 9.17) is 0 Å². The largest absolute Gasteiger partial charge is 0.356 e. The molecule has 15 heavy (non-hydrogen) atoms. The van der Waals surface area contributed by atoms with Crippen molar-refractivity contribution in [1.82, 2.24) is 9.55 Å². The van der Waals surface area contributed by atoms with Gasteiger partial charge in [0, 0.05) is 25.0 Å². The maximum absolute atomic E-state index is 4.31. The highest BCUT2D eigenvalue weighted by atomic mass is 15.2. The zero-order valence-electron chi connectivity index (χ0n) is 10.3. The van der Waals surface area contributed by atoms with E-state index in [2.05, 4.69) is 42.6 Å². The second kappa shape index (κ2) is 5.79. The lowest BCUT2D eigenvalue weighted by molar-refractivity contribution is 0.562. The SMILES string of the molecule is CC(C)CCCNc1nccn1C(C)C. The minimum atomic E-state index is 0.472. The van der Waals surface area contributed by atoms with Crippen molar-refractivity contribution in [3.63, 3.8) is 0 Å². The molecule has 0 saturated carbocycles. The molecule has 0 fully saturated rings. The lowest BCUT2D eigenvalue weighted by Crippen LogP contribution is -2.10. The standard InChI is InChI=1S/C12H23N3/c1-10(2)6-5-7-13-12-14-8-9-15(12)11(3)4/h8-11H,5-7H2,1-4H3,(H,13,14). The Hall–Kier alpha value is -0.990. The fraction of sp³-hybridized carbons (Fsp3) is 0.750. The van der Waals surface area contributed by atoms with E-state index >= 15 is 0 Å². The van der Waals surface area contributed by atoms with E-state index in [0.29, 0.717) is 6.04 Å². The topological polar surface area (TPSA) is 29.9 Å². The Morgan fingerprint density at radius 2 is 2.07 bits per heavy atom. The van der Waals surface area contributed by atoms with Crippen molar-refractivity contribution in [2.45, 2.75) is 46.6 Å². The average Bonchev–Trinajstić information content (AvgIpc) is 2.60. The van der Waals surface area contributed by atoms with Crippen LogP contribution in [0.5, 0.6) is 0 Å². The number of nitrogens with one attached hydrogen (secondary N) is 1. The zero-order chi connectivity index (χ0) is 11.3. The van der Waals surface area contributed by atoms with Gasteiger partial charge < -0.3 is 9.88 Å². The molecule has 0 aromatic carbocycles.